The Morgan fingerprint density at radius 2 is 1.91 bits per heavy atom. The molecule has 0 aliphatic carbocycles. The molecule has 4 aromatic rings. The van der Waals surface area contributed by atoms with E-state index in [-0.39, 0.29) is 48.4 Å². The fourth-order valence-electron chi connectivity index (χ4n) is 9.99. The maximum absolute atomic E-state index is 14.8. The van der Waals surface area contributed by atoms with Gasteiger partial charge in [-0.25, -0.2) is 15.2 Å². The van der Waals surface area contributed by atoms with Crippen molar-refractivity contribution in [2.75, 3.05) is 61.1 Å². The number of aldehydes is 1. The Morgan fingerprint density at radius 3 is 2.62 bits per heavy atom. The van der Waals surface area contributed by atoms with Crippen molar-refractivity contribution in [3.63, 3.8) is 0 Å². The molecule has 2 fully saturated rings. The largest absolute Gasteiger partial charge is 0.378 e. The molecule has 1 aromatic carbocycles. The third-order valence-electron chi connectivity index (χ3n) is 13.5. The van der Waals surface area contributed by atoms with Gasteiger partial charge in [-0.2, -0.15) is 0 Å². The number of methoxy groups -OCH3 is 1. The van der Waals surface area contributed by atoms with E-state index >= 15 is 0 Å². The average Bonchev–Trinajstić information content (AvgIpc) is 3.89. The lowest BCUT2D eigenvalue weighted by molar-refractivity contribution is -0.147. The fourth-order valence-corrected chi connectivity index (χ4v) is 10.8. The van der Waals surface area contributed by atoms with E-state index in [1.807, 2.05) is 57.4 Å². The van der Waals surface area contributed by atoms with E-state index in [4.69, 9.17) is 19.4 Å². The quantitative estimate of drug-likeness (QED) is 0.172. The Bertz CT molecular complexity index is 2360. The summed E-state index contributed by atoms with van der Waals surface area (Å²) < 4.78 is 14.7. The lowest BCUT2D eigenvalue weighted by atomic mass is 9.84. The number of likely N-dealkylation sites (tertiary alicyclic amines) is 1. The number of amides is 4. The van der Waals surface area contributed by atoms with E-state index in [2.05, 4.69) is 65.2 Å². The van der Waals surface area contributed by atoms with Crippen molar-refractivity contribution in [2.45, 2.75) is 116 Å². The van der Waals surface area contributed by atoms with Gasteiger partial charge in [0.2, 0.25) is 5.91 Å². The van der Waals surface area contributed by atoms with Crippen LogP contribution in [0.25, 0.3) is 33.4 Å². The lowest BCUT2D eigenvalue weighted by Crippen LogP contribution is -2.66. The number of hydrogen-bond acceptors (Lipinski definition) is 11. The van der Waals surface area contributed by atoms with Crippen molar-refractivity contribution < 1.29 is 28.7 Å². The van der Waals surface area contributed by atoms with Crippen LogP contribution < -0.4 is 10.7 Å². The minimum absolute atomic E-state index is 0.0515. The van der Waals surface area contributed by atoms with Crippen LogP contribution in [0.15, 0.2) is 41.9 Å². The molecule has 0 spiro atoms. The molecule has 15 nitrogen and oxygen atoms in total. The number of thiazole rings is 1. The number of pyridine rings is 1. The molecule has 6 bridgehead atoms. The number of fused-ring (bicyclic) bond motifs is 6. The first-order valence-electron chi connectivity index (χ1n) is 23.2. The molecule has 2 saturated heterocycles. The third kappa shape index (κ3) is 10.2. The van der Waals surface area contributed by atoms with Crippen LogP contribution >= 0.6 is 11.3 Å². The van der Waals surface area contributed by atoms with Crippen LogP contribution in [0.2, 0.25) is 0 Å². The van der Waals surface area contributed by atoms with E-state index in [9.17, 15) is 19.2 Å². The summed E-state index contributed by atoms with van der Waals surface area (Å²) in [5, 5.41) is 8.32. The average molecular weight is 912 g/mol. The molecule has 0 radical (unpaired) electrons. The SMILES string of the molecule is CCn1c(-c2cccnc2[C@H](C)OC)c2c3cc(ccc31)-c1csc(n1)C[C@H](NC(=O)[C@H](C(C)C)N(C)C(=O)N1CCC[C@H](N(C)C)C1)C(=O)N1CCCC(C=O)(COCC(C)(C)C2)N1. The Kier molecular flexibility index (Phi) is 14.8. The maximum atomic E-state index is 14.8. The zero-order chi connectivity index (χ0) is 46.8. The van der Waals surface area contributed by atoms with Crippen molar-refractivity contribution in [1.82, 2.24) is 45.0 Å². The van der Waals surface area contributed by atoms with Crippen LogP contribution in [0.5, 0.6) is 0 Å². The number of carbonyl (C=O) groups excluding carboxylic acids is 4. The summed E-state index contributed by atoms with van der Waals surface area (Å²) >= 11 is 1.43. The van der Waals surface area contributed by atoms with Gasteiger partial charge >= 0.3 is 6.03 Å². The number of piperidine rings is 1. The van der Waals surface area contributed by atoms with Crippen LogP contribution in [0.3, 0.4) is 0 Å². The highest BCUT2D eigenvalue weighted by Crippen LogP contribution is 2.42. The Hall–Kier alpha value is -4.74. The van der Waals surface area contributed by atoms with E-state index in [1.54, 1.807) is 14.2 Å². The topological polar surface area (TPSA) is 154 Å². The second-order valence-corrected chi connectivity index (χ2v) is 20.6. The Morgan fingerprint density at radius 1 is 1.12 bits per heavy atom. The molecular formula is C49H69N9O6S. The van der Waals surface area contributed by atoms with Gasteiger partial charge in [0.05, 0.1) is 41.4 Å². The molecule has 0 saturated carbocycles. The van der Waals surface area contributed by atoms with Crippen LogP contribution in [-0.4, -0.2) is 143 Å². The smallest absolute Gasteiger partial charge is 0.320 e. The summed E-state index contributed by atoms with van der Waals surface area (Å²) in [5.41, 5.74) is 8.60. The number of aryl methyl sites for hydroxylation is 1. The predicted octanol–water partition coefficient (Wildman–Crippen LogP) is 6.35. The summed E-state index contributed by atoms with van der Waals surface area (Å²) in [4.78, 5) is 71.8. The van der Waals surface area contributed by atoms with Crippen LogP contribution in [-0.2, 0) is 43.2 Å². The van der Waals surface area contributed by atoms with Crippen molar-refractivity contribution >= 4 is 46.4 Å². The Labute approximate surface area is 388 Å². The van der Waals surface area contributed by atoms with E-state index < -0.39 is 23.5 Å². The second-order valence-electron chi connectivity index (χ2n) is 19.6. The molecule has 5 atom stereocenters. The third-order valence-corrected chi connectivity index (χ3v) is 14.4. The van der Waals surface area contributed by atoms with Gasteiger partial charge in [-0.15, -0.1) is 11.3 Å². The molecular weight excluding hydrogens is 843 g/mol. The first kappa shape index (κ1) is 48.2. The molecule has 6 heterocycles. The number of hydrazine groups is 1. The zero-order valence-corrected chi connectivity index (χ0v) is 40.8. The molecule has 3 aliphatic rings. The number of nitrogens with zero attached hydrogens (tertiary/aromatic N) is 7. The van der Waals surface area contributed by atoms with Crippen molar-refractivity contribution in [3.05, 3.63) is 58.2 Å². The summed E-state index contributed by atoms with van der Waals surface area (Å²) in [5.74, 6) is -1.07. The molecule has 16 heteroatoms. The highest BCUT2D eigenvalue weighted by Gasteiger charge is 2.42. The van der Waals surface area contributed by atoms with Gasteiger partial charge < -0.3 is 38.9 Å². The van der Waals surface area contributed by atoms with E-state index in [0.717, 1.165) is 70.3 Å². The van der Waals surface area contributed by atoms with Crippen LogP contribution in [0, 0.1) is 11.3 Å². The molecule has 3 aromatic heterocycles. The number of urea groups is 1. The first-order chi connectivity index (χ1) is 31.0. The zero-order valence-electron chi connectivity index (χ0n) is 40.0. The number of aromatic nitrogens is 3. The molecule has 3 aliphatic heterocycles. The summed E-state index contributed by atoms with van der Waals surface area (Å²) in [6, 6.07) is 8.68. The molecule has 7 rings (SSSR count). The lowest BCUT2D eigenvalue weighted by Gasteiger charge is -2.42. The molecule has 4 amide bonds. The monoisotopic (exact) mass is 912 g/mol. The van der Waals surface area contributed by atoms with Gasteiger partial charge in [0.15, 0.2) is 0 Å². The predicted molar refractivity (Wildman–Crippen MR) is 254 cm³/mol. The Balaban J connectivity index is 1.28. The van der Waals surface area contributed by atoms with Crippen LogP contribution in [0.1, 0.15) is 89.6 Å². The van der Waals surface area contributed by atoms with Crippen molar-refractivity contribution in [2.24, 2.45) is 11.3 Å². The maximum Gasteiger partial charge on any atom is 0.320 e. The van der Waals surface area contributed by atoms with Crippen molar-refractivity contribution in [3.8, 4) is 22.5 Å². The van der Waals surface area contributed by atoms with Crippen molar-refractivity contribution in [1.29, 1.82) is 0 Å². The highest BCUT2D eigenvalue weighted by molar-refractivity contribution is 7.10. The van der Waals surface area contributed by atoms with E-state index in [1.165, 1.54) is 21.2 Å². The first-order valence-corrected chi connectivity index (χ1v) is 24.1. The van der Waals surface area contributed by atoms with E-state index in [0.29, 0.717) is 50.5 Å². The fraction of sp³-hybridized carbons (Fsp3) is 0.592. The van der Waals surface area contributed by atoms with Gasteiger partial charge in [0.25, 0.3) is 5.91 Å². The number of ether oxygens (including phenoxy) is 2. The number of nitrogens with one attached hydrogen (secondary N) is 2. The van der Waals surface area contributed by atoms with Gasteiger partial charge in [-0.05, 0) is 101 Å². The summed E-state index contributed by atoms with van der Waals surface area (Å²) in [6.07, 6.45) is 6.09. The standard InChI is InChI=1S/C49H69N9O6S/c1-11-57-40-18-17-33-23-36(40)37(44(57)35-16-12-20-50-42(35)32(4)63-10)25-48(5,6)29-64-30-49(28-59)19-14-22-58(53-49)46(61)38(24-41-51-39(33)27-65-41)52-45(60)43(31(2)3)55(9)47(62)56-21-13-15-34(26-56)54(7)8/h12,16-18,20,23,27-28,31-32,34,38,43,53H,11,13-15,19,21-22,24-26,29-30H2,1-10H3,(H,52,60)/t32-,34-,38-,43-,49?/m0/s1. The minimum atomic E-state index is -1.16. The number of likely N-dealkylation sites (N-methyl/N-ethyl adjacent to an activating group) is 2. The van der Waals surface area contributed by atoms with Crippen LogP contribution in [0.4, 0.5) is 4.79 Å². The van der Waals surface area contributed by atoms with Gasteiger partial charge in [-0.1, -0.05) is 33.8 Å². The number of carbonyl (C=O) groups is 4. The van der Waals surface area contributed by atoms with Gasteiger partial charge in [0, 0.05) is 86.4 Å². The van der Waals surface area contributed by atoms with Gasteiger partial charge in [-0.3, -0.25) is 19.6 Å². The minimum Gasteiger partial charge on any atom is -0.378 e. The summed E-state index contributed by atoms with van der Waals surface area (Å²) in [7, 11) is 7.42. The molecule has 1 unspecified atom stereocenters. The highest BCUT2D eigenvalue weighted by atomic mass is 32.1. The number of hydrogen-bond donors (Lipinski definition) is 2. The number of benzene rings is 1. The van der Waals surface area contributed by atoms with Gasteiger partial charge in [0.1, 0.15) is 23.9 Å². The summed E-state index contributed by atoms with van der Waals surface area (Å²) in [6.45, 7) is 15.0. The molecule has 352 valence electrons. The normalized spacial score (nSPS) is 22.7. The molecule has 65 heavy (non-hydrogen) atoms. The number of rotatable bonds is 10. The molecule has 2 N–H and O–H groups in total. The second kappa shape index (κ2) is 20.0.